The normalized spacial score (nSPS) is 17.5. The molecule has 1 N–H and O–H groups in total. The molecule has 1 aromatic carbocycles. The van der Waals surface area contributed by atoms with Crippen molar-refractivity contribution >= 4 is 17.4 Å². The van der Waals surface area contributed by atoms with Gasteiger partial charge in [-0.1, -0.05) is 12.2 Å². The highest BCUT2D eigenvalue weighted by atomic mass is 16.5. The second kappa shape index (κ2) is 14.7. The van der Waals surface area contributed by atoms with E-state index < -0.39 is 0 Å². The zero-order valence-corrected chi connectivity index (χ0v) is 22.3. The third-order valence-corrected chi connectivity index (χ3v) is 6.71. The van der Waals surface area contributed by atoms with Crippen LogP contribution >= 0.6 is 0 Å². The van der Waals surface area contributed by atoms with E-state index in [4.69, 9.17) is 9.47 Å². The number of nitrogens with one attached hydrogen (secondary N) is 1. The number of benzene rings is 1. The number of amides is 1. The molecular formula is C28H43N5O3. The summed E-state index contributed by atoms with van der Waals surface area (Å²) >= 11 is 0. The number of hydrogen-bond donors (Lipinski definition) is 1. The Labute approximate surface area is 216 Å². The summed E-state index contributed by atoms with van der Waals surface area (Å²) in [4.78, 5) is 22.7. The Hall–Kier alpha value is -2.84. The molecule has 2 saturated heterocycles. The van der Waals surface area contributed by atoms with Crippen molar-refractivity contribution in [2.24, 2.45) is 4.99 Å². The number of anilines is 1. The van der Waals surface area contributed by atoms with Crippen molar-refractivity contribution in [3.8, 4) is 11.5 Å². The molecular weight excluding hydrogens is 454 g/mol. The van der Waals surface area contributed by atoms with Crippen molar-refractivity contribution in [1.29, 1.82) is 0 Å². The van der Waals surface area contributed by atoms with Gasteiger partial charge in [-0.25, -0.2) is 4.99 Å². The molecule has 3 rings (SSSR count). The van der Waals surface area contributed by atoms with Crippen molar-refractivity contribution in [2.75, 3.05) is 71.4 Å². The van der Waals surface area contributed by atoms with Crippen molar-refractivity contribution in [2.45, 2.75) is 39.5 Å². The van der Waals surface area contributed by atoms with Crippen LogP contribution in [-0.4, -0.2) is 92.5 Å². The van der Waals surface area contributed by atoms with E-state index in [1.807, 2.05) is 36.1 Å². The van der Waals surface area contributed by atoms with Gasteiger partial charge in [-0.05, 0) is 63.9 Å². The smallest absolute Gasteiger partial charge is 0.219 e. The molecule has 0 aliphatic carbocycles. The number of nitrogens with zero attached hydrogens (tertiary/aromatic N) is 4. The summed E-state index contributed by atoms with van der Waals surface area (Å²) in [6.45, 7) is 16.3. The van der Waals surface area contributed by atoms with Crippen LogP contribution in [-0.2, 0) is 4.79 Å². The first-order valence-electron chi connectivity index (χ1n) is 13.1. The largest absolute Gasteiger partial charge is 0.493 e. The van der Waals surface area contributed by atoms with E-state index in [0.29, 0.717) is 6.61 Å². The maximum atomic E-state index is 11.5. The number of piperazine rings is 1. The fourth-order valence-corrected chi connectivity index (χ4v) is 4.51. The van der Waals surface area contributed by atoms with Gasteiger partial charge in [0, 0.05) is 64.1 Å². The van der Waals surface area contributed by atoms with Crippen molar-refractivity contribution in [3.63, 3.8) is 0 Å². The fourth-order valence-electron chi connectivity index (χ4n) is 4.51. The summed E-state index contributed by atoms with van der Waals surface area (Å²) in [5.41, 5.74) is 1.94. The fraction of sp³-hybridized carbons (Fsp3) is 0.571. The third-order valence-electron chi connectivity index (χ3n) is 6.71. The molecule has 1 aromatic rings. The summed E-state index contributed by atoms with van der Waals surface area (Å²) in [7, 11) is 1.66. The second-order valence-corrected chi connectivity index (χ2v) is 9.53. The van der Waals surface area contributed by atoms with Gasteiger partial charge in [0.05, 0.1) is 13.7 Å². The molecule has 1 amide bonds. The van der Waals surface area contributed by atoms with Crippen molar-refractivity contribution < 1.29 is 14.3 Å². The second-order valence-electron chi connectivity index (χ2n) is 9.53. The lowest BCUT2D eigenvalue weighted by Crippen LogP contribution is -2.48. The maximum Gasteiger partial charge on any atom is 0.219 e. The molecule has 36 heavy (non-hydrogen) atoms. The lowest BCUT2D eigenvalue weighted by Gasteiger charge is -2.34. The van der Waals surface area contributed by atoms with Gasteiger partial charge in [-0.15, -0.1) is 0 Å². The molecule has 0 saturated carbocycles. The first-order valence-corrected chi connectivity index (χ1v) is 13.1. The summed E-state index contributed by atoms with van der Waals surface area (Å²) in [5, 5.41) is 3.32. The predicted octanol–water partition coefficient (Wildman–Crippen LogP) is 4.01. The highest BCUT2D eigenvalue weighted by Gasteiger charge is 2.18. The van der Waals surface area contributed by atoms with E-state index in [1.54, 1.807) is 20.2 Å². The average molecular weight is 498 g/mol. The Morgan fingerprint density at radius 1 is 1.06 bits per heavy atom. The van der Waals surface area contributed by atoms with E-state index in [0.717, 1.165) is 80.7 Å². The van der Waals surface area contributed by atoms with Gasteiger partial charge in [0.25, 0.3) is 0 Å². The van der Waals surface area contributed by atoms with Crippen LogP contribution in [0.4, 0.5) is 5.69 Å². The van der Waals surface area contributed by atoms with Crippen LogP contribution in [0.15, 0.2) is 47.6 Å². The summed E-state index contributed by atoms with van der Waals surface area (Å²) < 4.78 is 11.5. The first kappa shape index (κ1) is 27.7. The van der Waals surface area contributed by atoms with Gasteiger partial charge in [-0.2, -0.15) is 0 Å². The average Bonchev–Trinajstić information content (AvgIpc) is 3.39. The Balaban J connectivity index is 1.41. The van der Waals surface area contributed by atoms with Crippen LogP contribution < -0.4 is 14.8 Å². The summed E-state index contributed by atoms with van der Waals surface area (Å²) in [6.07, 6.45) is 8.26. The number of likely N-dealkylation sites (tertiary alicyclic amines) is 1. The summed E-state index contributed by atoms with van der Waals surface area (Å²) in [6, 6.07) is 5.84. The van der Waals surface area contributed by atoms with Gasteiger partial charge in [0.1, 0.15) is 5.84 Å². The number of carbonyl (C=O) groups excluding carboxylic acids is 1. The molecule has 0 spiro atoms. The number of allylic oxidation sites excluding steroid dienone is 1. The lowest BCUT2D eigenvalue weighted by molar-refractivity contribution is -0.130. The molecule has 0 atom stereocenters. The monoisotopic (exact) mass is 497 g/mol. The van der Waals surface area contributed by atoms with Crippen LogP contribution in [0.5, 0.6) is 11.5 Å². The topological polar surface area (TPSA) is 69.6 Å². The number of rotatable bonds is 12. The highest BCUT2D eigenvalue weighted by molar-refractivity contribution is 5.94. The van der Waals surface area contributed by atoms with Crippen molar-refractivity contribution in [1.82, 2.24) is 14.7 Å². The highest BCUT2D eigenvalue weighted by Crippen LogP contribution is 2.30. The molecule has 2 fully saturated rings. The first-order chi connectivity index (χ1) is 17.4. The number of aliphatic imine (C=N–C) groups is 1. The zero-order valence-electron chi connectivity index (χ0n) is 22.3. The van der Waals surface area contributed by atoms with E-state index >= 15 is 0 Å². The van der Waals surface area contributed by atoms with Gasteiger partial charge in [-0.3, -0.25) is 9.69 Å². The molecule has 2 aliphatic rings. The lowest BCUT2D eigenvalue weighted by atomic mass is 10.2. The van der Waals surface area contributed by atoms with Crippen LogP contribution in [0.25, 0.3) is 0 Å². The number of methoxy groups -OCH3 is 1. The third kappa shape index (κ3) is 9.32. The minimum Gasteiger partial charge on any atom is -0.493 e. The molecule has 0 radical (unpaired) electrons. The number of carbonyl (C=O) groups is 1. The SMILES string of the molecule is C=C(/C=C\N=C(/C)Nc1ccc(OC)c(OCCCN2CCCC2)c1)CCN1CCN(C(C)=O)CC1. The Morgan fingerprint density at radius 2 is 1.78 bits per heavy atom. The molecule has 2 aliphatic heterocycles. The Morgan fingerprint density at radius 3 is 2.47 bits per heavy atom. The van der Waals surface area contributed by atoms with Gasteiger partial charge < -0.3 is 24.6 Å². The van der Waals surface area contributed by atoms with Gasteiger partial charge in [0.2, 0.25) is 5.91 Å². The van der Waals surface area contributed by atoms with E-state index in [9.17, 15) is 4.79 Å². The standard InChI is InChI=1S/C28H43N5O3/c1-23(11-16-32-17-19-33(20-18-32)25(3)34)10-12-29-24(2)30-26-8-9-27(35-4)28(22-26)36-21-7-15-31-13-5-6-14-31/h8-10,12,22H,1,5-7,11,13-21H2,2-4H3,(H,29,30)/b12-10-. The van der Waals surface area contributed by atoms with E-state index in [1.165, 1.54) is 25.9 Å². The minimum absolute atomic E-state index is 0.162. The van der Waals surface area contributed by atoms with E-state index in [-0.39, 0.29) is 5.91 Å². The molecule has 8 heteroatoms. The van der Waals surface area contributed by atoms with E-state index in [2.05, 4.69) is 26.7 Å². The quantitative estimate of drug-likeness (QED) is 0.204. The maximum absolute atomic E-state index is 11.5. The number of ether oxygens (including phenoxy) is 2. The van der Waals surface area contributed by atoms with Crippen LogP contribution in [0.1, 0.15) is 39.5 Å². The predicted molar refractivity (Wildman–Crippen MR) is 147 cm³/mol. The molecule has 2 heterocycles. The number of hydrogen-bond acceptors (Lipinski definition) is 6. The Kier molecular flexibility index (Phi) is 11.3. The number of amidine groups is 1. The summed E-state index contributed by atoms with van der Waals surface area (Å²) in [5.74, 6) is 2.42. The molecule has 8 nitrogen and oxygen atoms in total. The van der Waals surface area contributed by atoms with Crippen LogP contribution in [0, 0.1) is 0 Å². The molecule has 0 aromatic heterocycles. The van der Waals surface area contributed by atoms with Gasteiger partial charge >= 0.3 is 0 Å². The van der Waals surface area contributed by atoms with Gasteiger partial charge in [0.15, 0.2) is 11.5 Å². The van der Waals surface area contributed by atoms with Crippen LogP contribution in [0.2, 0.25) is 0 Å². The molecule has 198 valence electrons. The molecule has 0 unspecified atom stereocenters. The zero-order chi connectivity index (χ0) is 25.8. The molecule has 0 bridgehead atoms. The van der Waals surface area contributed by atoms with Crippen molar-refractivity contribution in [3.05, 3.63) is 42.6 Å². The minimum atomic E-state index is 0.162. The van der Waals surface area contributed by atoms with Crippen LogP contribution in [0.3, 0.4) is 0 Å². The Bertz CT molecular complexity index is 916.